The quantitative estimate of drug-likeness (QED) is 0.699. The monoisotopic (exact) mass is 380 g/mol. The van der Waals surface area contributed by atoms with Crippen molar-refractivity contribution >= 4 is 16.9 Å². The Morgan fingerprint density at radius 3 is 2.78 bits per heavy atom. The zero-order valence-electron chi connectivity index (χ0n) is 14.6. The summed E-state index contributed by atoms with van der Waals surface area (Å²) in [5.74, 6) is 0.406. The van der Waals surface area contributed by atoms with Crippen LogP contribution in [0.1, 0.15) is 21.3 Å². The summed E-state index contributed by atoms with van der Waals surface area (Å²) in [6.07, 6.45) is -0.579. The second-order valence-corrected chi connectivity index (χ2v) is 6.54. The summed E-state index contributed by atoms with van der Waals surface area (Å²) in [4.78, 5) is 10.6. The van der Waals surface area contributed by atoms with Crippen LogP contribution >= 0.6 is 0 Å². The molecule has 0 spiro atoms. The molecule has 1 aliphatic rings. The van der Waals surface area contributed by atoms with Crippen molar-refractivity contribution in [1.29, 1.82) is 0 Å². The van der Waals surface area contributed by atoms with Gasteiger partial charge in [-0.05, 0) is 50.2 Å². The number of nitrogens with one attached hydrogen (secondary N) is 2. The molecule has 0 atom stereocenters. The highest BCUT2D eigenvalue weighted by molar-refractivity contribution is 5.90. The van der Waals surface area contributed by atoms with E-state index in [4.69, 9.17) is 0 Å². The molecule has 146 valence electrons. The molecule has 0 radical (unpaired) electrons. The van der Waals surface area contributed by atoms with Gasteiger partial charge in [0.15, 0.2) is 5.65 Å². The second-order valence-electron chi connectivity index (χ2n) is 6.54. The molecule has 0 unspecified atom stereocenters. The number of pyridine rings is 2. The smallest absolute Gasteiger partial charge is 0.369 e. The lowest BCUT2D eigenvalue weighted by atomic mass is 10.1. The highest BCUT2D eigenvalue weighted by Gasteiger charge is 2.35. The number of halogens is 3. The molecule has 1 fully saturated rings. The summed E-state index contributed by atoms with van der Waals surface area (Å²) in [7, 11) is 0. The zero-order valence-corrected chi connectivity index (χ0v) is 14.6. The number of hydrogen-bond acceptors (Lipinski definition) is 5. The molecule has 4 rings (SSSR count). The molecule has 6 nitrogen and oxygen atoms in total. The number of rotatable bonds is 5. The van der Waals surface area contributed by atoms with Crippen molar-refractivity contribution in [2.75, 3.05) is 31.5 Å². The van der Waals surface area contributed by atoms with Crippen molar-refractivity contribution in [3.63, 3.8) is 0 Å². The summed E-state index contributed by atoms with van der Waals surface area (Å²) in [5, 5.41) is 10.3. The molecule has 1 aliphatic heterocycles. The molecule has 27 heavy (non-hydrogen) atoms. The average Bonchev–Trinajstić information content (AvgIpc) is 3.30. The van der Waals surface area contributed by atoms with Crippen LogP contribution in [0.2, 0.25) is 0 Å². The maximum Gasteiger partial charge on any atom is 0.418 e. The van der Waals surface area contributed by atoms with E-state index in [1.165, 1.54) is 18.9 Å². The predicted molar refractivity (Wildman–Crippen MR) is 101 cm³/mol. The standard InChI is InChI=1S/C18H19F3N6.2H2/c19-18(20,21)13-5-6-14(22-8-11-27-9-1-2-10-27)24-16(13)15-12-4-3-7-23-17(12)26-25-15;;/h3-7H,1-2,8-11H2,(H,22,24)(H,23,25,26);2*1H. The average molecular weight is 380 g/mol. The van der Waals surface area contributed by atoms with E-state index in [-0.39, 0.29) is 14.2 Å². The molecule has 0 aromatic carbocycles. The van der Waals surface area contributed by atoms with Crippen molar-refractivity contribution < 1.29 is 16.0 Å². The Bertz CT molecular complexity index is 941. The Hall–Kier alpha value is -2.68. The zero-order chi connectivity index (χ0) is 18.9. The number of hydrogen-bond donors (Lipinski definition) is 2. The summed E-state index contributed by atoms with van der Waals surface area (Å²) in [5.41, 5.74) is -0.408. The SMILES string of the molecule is FC(F)(F)c1ccc(NCCN2CCCC2)nc1-c1[nH]nc2ncccc12.[HH].[HH]. The van der Waals surface area contributed by atoms with E-state index in [1.807, 2.05) is 0 Å². The maximum absolute atomic E-state index is 13.5. The molecule has 0 aliphatic carbocycles. The molecule has 0 amide bonds. The topological polar surface area (TPSA) is 69.7 Å². The number of aromatic nitrogens is 4. The lowest BCUT2D eigenvalue weighted by Crippen LogP contribution is -2.26. The van der Waals surface area contributed by atoms with Crippen LogP contribution in [0.15, 0.2) is 30.5 Å². The van der Waals surface area contributed by atoms with Gasteiger partial charge in [-0.3, -0.25) is 5.10 Å². The Balaban J connectivity index is 0.00000150. The molecule has 0 saturated carbocycles. The van der Waals surface area contributed by atoms with Gasteiger partial charge in [-0.1, -0.05) is 0 Å². The summed E-state index contributed by atoms with van der Waals surface area (Å²) >= 11 is 0. The van der Waals surface area contributed by atoms with E-state index in [0.29, 0.717) is 23.4 Å². The maximum atomic E-state index is 13.5. The minimum absolute atomic E-state index is 0. The number of aromatic amines is 1. The van der Waals surface area contributed by atoms with Crippen LogP contribution in [0.4, 0.5) is 19.0 Å². The summed E-state index contributed by atoms with van der Waals surface area (Å²) in [6, 6.07) is 5.76. The second kappa shape index (κ2) is 7.15. The Labute approximate surface area is 156 Å². The Kier molecular flexibility index (Phi) is 4.69. The number of likely N-dealkylation sites (tertiary alicyclic amines) is 1. The van der Waals surface area contributed by atoms with E-state index in [1.54, 1.807) is 18.3 Å². The molecule has 4 heterocycles. The van der Waals surface area contributed by atoms with Crippen LogP contribution < -0.4 is 5.32 Å². The van der Waals surface area contributed by atoms with Gasteiger partial charge in [0.25, 0.3) is 0 Å². The first-order chi connectivity index (χ1) is 13.0. The lowest BCUT2D eigenvalue weighted by Gasteiger charge is -2.16. The fourth-order valence-corrected chi connectivity index (χ4v) is 3.36. The molecule has 3 aromatic rings. The number of alkyl halides is 3. The third kappa shape index (κ3) is 3.73. The Morgan fingerprint density at radius 1 is 1.19 bits per heavy atom. The highest BCUT2D eigenvalue weighted by atomic mass is 19.4. The summed E-state index contributed by atoms with van der Waals surface area (Å²) < 4.78 is 40.5. The van der Waals surface area contributed by atoms with Crippen LogP contribution in [0.25, 0.3) is 22.4 Å². The van der Waals surface area contributed by atoms with Crippen LogP contribution in [0, 0.1) is 0 Å². The first-order valence-electron chi connectivity index (χ1n) is 8.86. The van der Waals surface area contributed by atoms with Gasteiger partial charge in [-0.25, -0.2) is 9.97 Å². The summed E-state index contributed by atoms with van der Waals surface area (Å²) in [6.45, 7) is 3.61. The third-order valence-electron chi connectivity index (χ3n) is 4.70. The van der Waals surface area contributed by atoms with Gasteiger partial charge in [0.2, 0.25) is 0 Å². The van der Waals surface area contributed by atoms with Crippen LogP contribution in [0.3, 0.4) is 0 Å². The Morgan fingerprint density at radius 2 is 2.00 bits per heavy atom. The van der Waals surface area contributed by atoms with E-state index in [9.17, 15) is 13.2 Å². The first-order valence-corrected chi connectivity index (χ1v) is 8.86. The first kappa shape index (κ1) is 17.7. The molecule has 1 saturated heterocycles. The van der Waals surface area contributed by atoms with Crippen LogP contribution in [-0.2, 0) is 6.18 Å². The van der Waals surface area contributed by atoms with E-state index >= 15 is 0 Å². The van der Waals surface area contributed by atoms with Gasteiger partial charge in [-0.15, -0.1) is 0 Å². The van der Waals surface area contributed by atoms with Crippen LogP contribution in [0.5, 0.6) is 0 Å². The molecular weight excluding hydrogens is 357 g/mol. The molecular formula is C18H23F3N6. The van der Waals surface area contributed by atoms with E-state index in [2.05, 4.69) is 30.4 Å². The highest BCUT2D eigenvalue weighted by Crippen LogP contribution is 2.37. The van der Waals surface area contributed by atoms with Gasteiger partial charge >= 0.3 is 6.18 Å². The van der Waals surface area contributed by atoms with E-state index < -0.39 is 11.7 Å². The van der Waals surface area contributed by atoms with Crippen molar-refractivity contribution in [3.05, 3.63) is 36.0 Å². The third-order valence-corrected chi connectivity index (χ3v) is 4.70. The number of fused-ring (bicyclic) bond motifs is 1. The fraction of sp³-hybridized carbons (Fsp3) is 0.389. The number of anilines is 1. The largest absolute Gasteiger partial charge is 0.418 e. The van der Waals surface area contributed by atoms with Gasteiger partial charge in [0, 0.05) is 27.5 Å². The molecule has 3 aromatic heterocycles. The minimum atomic E-state index is -4.52. The molecule has 9 heteroatoms. The molecule has 0 bridgehead atoms. The minimum Gasteiger partial charge on any atom is -0.369 e. The van der Waals surface area contributed by atoms with Crippen molar-refractivity contribution in [1.82, 2.24) is 25.1 Å². The van der Waals surface area contributed by atoms with Gasteiger partial charge in [0.05, 0.1) is 11.3 Å². The fourth-order valence-electron chi connectivity index (χ4n) is 3.36. The van der Waals surface area contributed by atoms with Crippen molar-refractivity contribution in [2.45, 2.75) is 19.0 Å². The molecule has 2 N–H and O–H groups in total. The van der Waals surface area contributed by atoms with Gasteiger partial charge in [-0.2, -0.15) is 18.3 Å². The van der Waals surface area contributed by atoms with E-state index in [0.717, 1.165) is 25.7 Å². The number of nitrogens with zero attached hydrogens (tertiary/aromatic N) is 4. The van der Waals surface area contributed by atoms with Gasteiger partial charge < -0.3 is 10.2 Å². The van der Waals surface area contributed by atoms with Crippen molar-refractivity contribution in [2.24, 2.45) is 0 Å². The van der Waals surface area contributed by atoms with Crippen molar-refractivity contribution in [3.8, 4) is 11.4 Å². The lowest BCUT2D eigenvalue weighted by molar-refractivity contribution is -0.137. The van der Waals surface area contributed by atoms with Gasteiger partial charge in [0.1, 0.15) is 11.5 Å². The predicted octanol–water partition coefficient (Wildman–Crippen LogP) is 4.04. The normalized spacial score (nSPS) is 15.5. The van der Waals surface area contributed by atoms with Crippen LogP contribution in [-0.4, -0.2) is 51.2 Å². The number of H-pyrrole nitrogens is 1.